The quantitative estimate of drug-likeness (QED) is 0.270. The van der Waals surface area contributed by atoms with Gasteiger partial charge in [0.05, 0.1) is 23.8 Å². The maximum Gasteiger partial charge on any atom is 0.123 e. The lowest BCUT2D eigenvalue weighted by atomic mass is 10.1. The average Bonchev–Trinajstić information content (AvgIpc) is 3.45. The number of benzene rings is 1. The van der Waals surface area contributed by atoms with Gasteiger partial charge in [0.1, 0.15) is 22.3 Å². The molecule has 0 radical (unpaired) electrons. The zero-order valence-corrected chi connectivity index (χ0v) is 20.0. The van der Waals surface area contributed by atoms with Crippen molar-refractivity contribution in [3.63, 3.8) is 0 Å². The number of likely N-dealkylation sites (tertiary alicyclic amines) is 1. The SMILES string of the molecule is C/C(CC#N)=C(\C#N)C(=NC(C)N1CCCC1)SCc1csc(-c2ccc(Cl)cc2)n1. The molecule has 1 unspecified atom stereocenters. The molecule has 1 aliphatic rings. The highest BCUT2D eigenvalue weighted by Crippen LogP contribution is 2.29. The van der Waals surface area contributed by atoms with Crippen molar-refractivity contribution < 1.29 is 0 Å². The van der Waals surface area contributed by atoms with Gasteiger partial charge in [-0.05, 0) is 44.4 Å². The van der Waals surface area contributed by atoms with Crippen LogP contribution in [0.5, 0.6) is 0 Å². The van der Waals surface area contributed by atoms with Gasteiger partial charge >= 0.3 is 0 Å². The lowest BCUT2D eigenvalue weighted by Crippen LogP contribution is -2.29. The Morgan fingerprint density at radius 2 is 2.00 bits per heavy atom. The first-order valence-corrected chi connectivity index (χ1v) is 12.4. The van der Waals surface area contributed by atoms with Crippen LogP contribution in [0, 0.1) is 22.7 Å². The molecule has 1 aromatic heterocycles. The minimum Gasteiger partial charge on any atom is -0.282 e. The number of nitriles is 2. The fourth-order valence-corrected chi connectivity index (χ4v) is 5.40. The molecule has 5 nitrogen and oxygen atoms in total. The molecule has 31 heavy (non-hydrogen) atoms. The number of hydrogen-bond acceptors (Lipinski definition) is 7. The molecule has 3 rings (SSSR count). The number of nitrogens with zero attached hydrogens (tertiary/aromatic N) is 5. The molecular weight excluding hydrogens is 446 g/mol. The van der Waals surface area contributed by atoms with Crippen molar-refractivity contribution >= 4 is 39.7 Å². The minimum atomic E-state index is 0.00305. The van der Waals surface area contributed by atoms with Crippen molar-refractivity contribution in [1.29, 1.82) is 10.5 Å². The first-order valence-electron chi connectivity index (χ1n) is 10.1. The van der Waals surface area contributed by atoms with Crippen LogP contribution >= 0.6 is 34.7 Å². The Bertz CT molecular complexity index is 1040. The summed E-state index contributed by atoms with van der Waals surface area (Å²) in [7, 11) is 0. The Morgan fingerprint density at radius 1 is 1.29 bits per heavy atom. The molecule has 2 aromatic rings. The summed E-state index contributed by atoms with van der Waals surface area (Å²) in [5, 5.41) is 23.3. The minimum absolute atomic E-state index is 0.00305. The predicted molar refractivity (Wildman–Crippen MR) is 130 cm³/mol. The summed E-state index contributed by atoms with van der Waals surface area (Å²) in [5.74, 6) is 0.612. The number of thiazole rings is 1. The van der Waals surface area contributed by atoms with Crippen molar-refractivity contribution in [2.45, 2.75) is 45.0 Å². The zero-order valence-electron chi connectivity index (χ0n) is 17.6. The fourth-order valence-electron chi connectivity index (χ4n) is 3.31. The molecule has 2 heterocycles. The number of rotatable bonds is 7. The largest absolute Gasteiger partial charge is 0.282 e. The first-order chi connectivity index (χ1) is 15.0. The lowest BCUT2D eigenvalue weighted by molar-refractivity contribution is 0.267. The fraction of sp³-hybridized carbons (Fsp3) is 0.391. The number of aromatic nitrogens is 1. The van der Waals surface area contributed by atoms with Crippen LogP contribution in [0.1, 0.15) is 38.8 Å². The van der Waals surface area contributed by atoms with Gasteiger partial charge < -0.3 is 0 Å². The lowest BCUT2D eigenvalue weighted by Gasteiger charge is -2.21. The van der Waals surface area contributed by atoms with Gasteiger partial charge in [-0.15, -0.1) is 11.3 Å². The third-order valence-corrected chi connectivity index (χ3v) is 7.28. The predicted octanol–water partition coefficient (Wildman–Crippen LogP) is 6.29. The van der Waals surface area contributed by atoms with Crippen molar-refractivity contribution in [3.05, 3.63) is 51.5 Å². The van der Waals surface area contributed by atoms with Gasteiger partial charge in [0.2, 0.25) is 0 Å². The van der Waals surface area contributed by atoms with Gasteiger partial charge in [-0.1, -0.05) is 35.5 Å². The number of aliphatic imine (C=N–C) groups is 1. The summed E-state index contributed by atoms with van der Waals surface area (Å²) in [5.41, 5.74) is 3.23. The van der Waals surface area contributed by atoms with Gasteiger partial charge in [-0.3, -0.25) is 9.89 Å². The topological polar surface area (TPSA) is 76.1 Å². The number of hydrogen-bond donors (Lipinski definition) is 0. The van der Waals surface area contributed by atoms with E-state index in [1.165, 1.54) is 24.6 Å². The summed E-state index contributed by atoms with van der Waals surface area (Å²) < 4.78 is 0. The standard InChI is InChI=1S/C23H24ClN5S2/c1-16(9-10-25)21(13-26)23(27-17(2)29-11-3-4-12-29)31-15-20-14-30-22(28-20)18-5-7-19(24)8-6-18/h5-8,14,17H,3-4,9,11-12,15H2,1-2H3/b21-16-,27-23?. The van der Waals surface area contributed by atoms with Crippen molar-refractivity contribution in [3.8, 4) is 22.7 Å². The summed E-state index contributed by atoms with van der Waals surface area (Å²) >= 11 is 9.08. The Hall–Kier alpha value is -2.16. The van der Waals surface area contributed by atoms with Gasteiger partial charge in [-0.2, -0.15) is 10.5 Å². The van der Waals surface area contributed by atoms with E-state index in [1.807, 2.05) is 36.6 Å². The van der Waals surface area contributed by atoms with E-state index in [0.29, 0.717) is 21.4 Å². The van der Waals surface area contributed by atoms with Crippen LogP contribution in [0.2, 0.25) is 5.02 Å². The third kappa shape index (κ3) is 6.41. The molecule has 0 aliphatic carbocycles. The van der Waals surface area contributed by atoms with Crippen LogP contribution in [0.4, 0.5) is 0 Å². The average molecular weight is 470 g/mol. The Balaban J connectivity index is 1.80. The maximum absolute atomic E-state index is 9.79. The van der Waals surface area contributed by atoms with Gasteiger partial charge in [-0.25, -0.2) is 4.98 Å². The van der Waals surface area contributed by atoms with Crippen LogP contribution in [-0.4, -0.2) is 34.2 Å². The van der Waals surface area contributed by atoms with Crippen molar-refractivity contribution in [1.82, 2.24) is 9.88 Å². The third-order valence-electron chi connectivity index (χ3n) is 5.07. The van der Waals surface area contributed by atoms with Gasteiger partial charge in [0.15, 0.2) is 0 Å². The second-order valence-corrected chi connectivity index (χ2v) is 9.61. The van der Waals surface area contributed by atoms with Gasteiger partial charge in [0.25, 0.3) is 0 Å². The van der Waals surface area contributed by atoms with Crippen LogP contribution in [0.3, 0.4) is 0 Å². The highest BCUT2D eigenvalue weighted by molar-refractivity contribution is 8.13. The molecule has 1 atom stereocenters. The smallest absolute Gasteiger partial charge is 0.123 e. The molecule has 1 aromatic carbocycles. The summed E-state index contributed by atoms with van der Waals surface area (Å²) in [6, 6.07) is 12.1. The molecule has 0 spiro atoms. The maximum atomic E-state index is 9.79. The monoisotopic (exact) mass is 469 g/mol. The molecule has 0 amide bonds. The van der Waals surface area contributed by atoms with E-state index in [9.17, 15) is 5.26 Å². The van der Waals surface area contributed by atoms with Crippen LogP contribution < -0.4 is 0 Å². The molecule has 1 saturated heterocycles. The van der Waals surface area contributed by atoms with Crippen LogP contribution in [0.25, 0.3) is 10.6 Å². The second kappa shape index (κ2) is 11.5. The number of halogens is 1. The normalized spacial score (nSPS) is 16.5. The summed E-state index contributed by atoms with van der Waals surface area (Å²) in [6.07, 6.45) is 2.59. The zero-order chi connectivity index (χ0) is 22.2. The van der Waals surface area contributed by atoms with E-state index < -0.39 is 0 Å². The molecule has 1 fully saturated rings. The van der Waals surface area contributed by atoms with Crippen LogP contribution in [0.15, 0.2) is 45.8 Å². The van der Waals surface area contributed by atoms with E-state index in [4.69, 9.17) is 26.8 Å². The Kier molecular flexibility index (Phi) is 8.69. The molecule has 0 N–H and O–H groups in total. The van der Waals surface area contributed by atoms with E-state index in [0.717, 1.165) is 34.9 Å². The molecule has 1 aliphatic heterocycles. The molecule has 0 bridgehead atoms. The van der Waals surface area contributed by atoms with E-state index >= 15 is 0 Å². The van der Waals surface area contributed by atoms with E-state index in [1.54, 1.807) is 11.3 Å². The molecule has 8 heteroatoms. The van der Waals surface area contributed by atoms with Crippen LogP contribution in [-0.2, 0) is 5.75 Å². The summed E-state index contributed by atoms with van der Waals surface area (Å²) in [6.45, 7) is 5.96. The molecule has 160 valence electrons. The van der Waals surface area contributed by atoms with E-state index in [-0.39, 0.29) is 12.6 Å². The van der Waals surface area contributed by atoms with Gasteiger partial charge in [0, 0.05) is 34.8 Å². The highest BCUT2D eigenvalue weighted by atomic mass is 35.5. The van der Waals surface area contributed by atoms with Crippen molar-refractivity contribution in [2.24, 2.45) is 4.99 Å². The number of allylic oxidation sites excluding steroid dienone is 1. The Labute approximate surface area is 197 Å². The molecular formula is C23H24ClN5S2. The molecule has 0 saturated carbocycles. The second-order valence-electron chi connectivity index (χ2n) is 7.35. The number of thioether (sulfide) groups is 1. The first kappa shape index (κ1) is 23.5. The van der Waals surface area contributed by atoms with E-state index in [2.05, 4.69) is 24.0 Å². The highest BCUT2D eigenvalue weighted by Gasteiger charge is 2.20. The summed E-state index contributed by atoms with van der Waals surface area (Å²) in [4.78, 5) is 12.0. The Morgan fingerprint density at radius 3 is 2.65 bits per heavy atom. The van der Waals surface area contributed by atoms with Crippen molar-refractivity contribution in [2.75, 3.05) is 13.1 Å².